The van der Waals surface area contributed by atoms with Crippen molar-refractivity contribution < 1.29 is 13.2 Å². The van der Waals surface area contributed by atoms with Crippen molar-refractivity contribution >= 4 is 10.0 Å². The van der Waals surface area contributed by atoms with Crippen LogP contribution in [-0.4, -0.2) is 56.9 Å². The molecule has 96 valence electrons. The Morgan fingerprint density at radius 3 is 2.69 bits per heavy atom. The van der Waals surface area contributed by atoms with Crippen LogP contribution >= 0.6 is 0 Å². The molecule has 1 aliphatic heterocycles. The van der Waals surface area contributed by atoms with E-state index >= 15 is 0 Å². The molecular weight excluding hydrogens is 228 g/mol. The highest BCUT2D eigenvalue weighted by Crippen LogP contribution is 2.20. The minimum absolute atomic E-state index is 0.0737. The van der Waals surface area contributed by atoms with Gasteiger partial charge in [-0.05, 0) is 20.8 Å². The Morgan fingerprint density at radius 2 is 2.12 bits per heavy atom. The van der Waals surface area contributed by atoms with Gasteiger partial charge in [0, 0.05) is 31.8 Å². The highest BCUT2D eigenvalue weighted by Gasteiger charge is 2.37. The van der Waals surface area contributed by atoms with E-state index in [1.54, 1.807) is 4.31 Å². The lowest BCUT2D eigenvalue weighted by atomic mass is 10.0. The Kier molecular flexibility index (Phi) is 4.73. The number of hydrogen-bond acceptors (Lipinski definition) is 4. The molecule has 0 saturated carbocycles. The first kappa shape index (κ1) is 13.9. The van der Waals surface area contributed by atoms with Crippen LogP contribution < -0.4 is 5.32 Å². The number of sulfonamides is 1. The molecule has 0 atom stereocenters. The molecular formula is C10H22N2O3S. The predicted molar refractivity (Wildman–Crippen MR) is 63.9 cm³/mol. The lowest BCUT2D eigenvalue weighted by molar-refractivity contribution is 0.156. The Balaban J connectivity index is 2.66. The van der Waals surface area contributed by atoms with Gasteiger partial charge in [-0.25, -0.2) is 8.42 Å². The second-order valence-electron chi connectivity index (χ2n) is 4.57. The maximum atomic E-state index is 12.1. The van der Waals surface area contributed by atoms with Crippen LogP contribution in [0.3, 0.4) is 0 Å². The molecule has 0 radical (unpaired) electrons. The van der Waals surface area contributed by atoms with E-state index in [-0.39, 0.29) is 17.9 Å². The second kappa shape index (κ2) is 5.44. The summed E-state index contributed by atoms with van der Waals surface area (Å²) in [7, 11) is -3.19. The fraction of sp³-hybridized carbons (Fsp3) is 1.00. The van der Waals surface area contributed by atoms with Crippen molar-refractivity contribution in [2.45, 2.75) is 26.3 Å². The SMILES string of the molecule is CCOCCS(=O)(=O)N1CCNCC1(C)C. The van der Waals surface area contributed by atoms with E-state index in [0.29, 0.717) is 19.7 Å². The molecule has 0 aromatic carbocycles. The van der Waals surface area contributed by atoms with Gasteiger partial charge in [-0.1, -0.05) is 0 Å². The molecule has 5 nitrogen and oxygen atoms in total. The van der Waals surface area contributed by atoms with Gasteiger partial charge >= 0.3 is 0 Å². The van der Waals surface area contributed by atoms with Crippen LogP contribution in [0.2, 0.25) is 0 Å². The van der Waals surface area contributed by atoms with Gasteiger partial charge < -0.3 is 10.1 Å². The minimum atomic E-state index is -3.19. The lowest BCUT2D eigenvalue weighted by Crippen LogP contribution is -2.60. The average molecular weight is 250 g/mol. The van der Waals surface area contributed by atoms with E-state index < -0.39 is 10.0 Å². The molecule has 1 fully saturated rings. The second-order valence-corrected chi connectivity index (χ2v) is 6.59. The normalized spacial score (nSPS) is 22.2. The van der Waals surface area contributed by atoms with E-state index in [9.17, 15) is 8.42 Å². The van der Waals surface area contributed by atoms with Crippen molar-refractivity contribution in [1.82, 2.24) is 9.62 Å². The molecule has 16 heavy (non-hydrogen) atoms. The lowest BCUT2D eigenvalue weighted by Gasteiger charge is -2.41. The van der Waals surface area contributed by atoms with Crippen molar-refractivity contribution in [3.05, 3.63) is 0 Å². The van der Waals surface area contributed by atoms with E-state index in [1.165, 1.54) is 0 Å². The summed E-state index contributed by atoms with van der Waals surface area (Å²) in [5, 5.41) is 3.21. The number of nitrogens with one attached hydrogen (secondary N) is 1. The molecule has 1 N–H and O–H groups in total. The van der Waals surface area contributed by atoms with Crippen molar-refractivity contribution in [1.29, 1.82) is 0 Å². The summed E-state index contributed by atoms with van der Waals surface area (Å²) in [4.78, 5) is 0. The van der Waals surface area contributed by atoms with Crippen LogP contribution in [0.4, 0.5) is 0 Å². The molecule has 6 heteroatoms. The Bertz CT molecular complexity index is 314. The third-order valence-corrected chi connectivity index (χ3v) is 4.78. The number of nitrogens with zero attached hydrogens (tertiary/aromatic N) is 1. The van der Waals surface area contributed by atoms with Gasteiger partial charge in [-0.15, -0.1) is 0 Å². The summed E-state index contributed by atoms with van der Waals surface area (Å²) in [6, 6.07) is 0. The molecule has 0 aromatic heterocycles. The maximum absolute atomic E-state index is 12.1. The van der Waals surface area contributed by atoms with Crippen LogP contribution in [0.5, 0.6) is 0 Å². The van der Waals surface area contributed by atoms with Crippen LogP contribution in [0, 0.1) is 0 Å². The Labute approximate surface area is 98.2 Å². The number of hydrogen-bond donors (Lipinski definition) is 1. The molecule has 1 heterocycles. The molecule has 0 aromatic rings. The summed E-state index contributed by atoms with van der Waals surface area (Å²) < 4.78 is 30.9. The molecule has 1 saturated heterocycles. The monoisotopic (exact) mass is 250 g/mol. The van der Waals surface area contributed by atoms with Crippen LogP contribution in [0.25, 0.3) is 0 Å². The van der Waals surface area contributed by atoms with Crippen molar-refractivity contribution in [2.24, 2.45) is 0 Å². The smallest absolute Gasteiger partial charge is 0.216 e. The molecule has 0 spiro atoms. The molecule has 0 amide bonds. The maximum Gasteiger partial charge on any atom is 0.216 e. The van der Waals surface area contributed by atoms with Crippen LogP contribution in [-0.2, 0) is 14.8 Å². The Morgan fingerprint density at radius 1 is 1.44 bits per heavy atom. The summed E-state index contributed by atoms with van der Waals surface area (Å²) in [5.74, 6) is 0.0737. The molecule has 0 bridgehead atoms. The standard InChI is InChI=1S/C10H22N2O3S/c1-4-15-7-8-16(13,14)12-6-5-11-9-10(12,2)3/h11H,4-9H2,1-3H3. The average Bonchev–Trinajstić information content (AvgIpc) is 2.16. The fourth-order valence-corrected chi connectivity index (χ4v) is 3.64. The zero-order valence-corrected chi connectivity index (χ0v) is 11.1. The largest absolute Gasteiger partial charge is 0.381 e. The van der Waals surface area contributed by atoms with Gasteiger partial charge in [0.2, 0.25) is 10.0 Å². The summed E-state index contributed by atoms with van der Waals surface area (Å²) in [5.41, 5.74) is -0.344. The quantitative estimate of drug-likeness (QED) is 0.700. The first-order valence-corrected chi connectivity index (χ1v) is 7.30. The summed E-state index contributed by atoms with van der Waals surface area (Å²) in [6.45, 7) is 8.54. The molecule has 1 aliphatic rings. The van der Waals surface area contributed by atoms with Crippen molar-refractivity contribution in [3.63, 3.8) is 0 Å². The van der Waals surface area contributed by atoms with Gasteiger partial charge in [-0.3, -0.25) is 0 Å². The van der Waals surface area contributed by atoms with Gasteiger partial charge in [0.05, 0.1) is 12.4 Å². The summed E-state index contributed by atoms with van der Waals surface area (Å²) in [6.07, 6.45) is 0. The summed E-state index contributed by atoms with van der Waals surface area (Å²) >= 11 is 0. The van der Waals surface area contributed by atoms with Gasteiger partial charge in [-0.2, -0.15) is 4.31 Å². The minimum Gasteiger partial charge on any atom is -0.381 e. The Hall–Kier alpha value is -0.170. The van der Waals surface area contributed by atoms with Crippen molar-refractivity contribution in [2.75, 3.05) is 38.6 Å². The first-order chi connectivity index (χ1) is 7.40. The molecule has 0 unspecified atom stereocenters. The van der Waals surface area contributed by atoms with Crippen molar-refractivity contribution in [3.8, 4) is 0 Å². The van der Waals surface area contributed by atoms with Gasteiger partial charge in [0.25, 0.3) is 0 Å². The number of ether oxygens (including phenoxy) is 1. The number of piperazine rings is 1. The molecule has 0 aliphatic carbocycles. The zero-order valence-electron chi connectivity index (χ0n) is 10.3. The third kappa shape index (κ3) is 3.41. The topological polar surface area (TPSA) is 58.6 Å². The fourth-order valence-electron chi connectivity index (χ4n) is 1.90. The van der Waals surface area contributed by atoms with E-state index in [4.69, 9.17) is 4.74 Å². The van der Waals surface area contributed by atoms with Gasteiger partial charge in [0.1, 0.15) is 0 Å². The van der Waals surface area contributed by atoms with E-state index in [1.807, 2.05) is 20.8 Å². The highest BCUT2D eigenvalue weighted by molar-refractivity contribution is 7.89. The number of rotatable bonds is 5. The highest BCUT2D eigenvalue weighted by atomic mass is 32.2. The van der Waals surface area contributed by atoms with Gasteiger partial charge in [0.15, 0.2) is 0 Å². The first-order valence-electron chi connectivity index (χ1n) is 5.69. The molecule has 1 rings (SSSR count). The van der Waals surface area contributed by atoms with E-state index in [0.717, 1.165) is 6.54 Å². The van der Waals surface area contributed by atoms with E-state index in [2.05, 4.69) is 5.32 Å². The van der Waals surface area contributed by atoms with Crippen LogP contribution in [0.1, 0.15) is 20.8 Å². The zero-order chi connectivity index (χ0) is 12.2. The van der Waals surface area contributed by atoms with Crippen LogP contribution in [0.15, 0.2) is 0 Å². The third-order valence-electron chi connectivity index (χ3n) is 2.75. The predicted octanol–water partition coefficient (Wildman–Crippen LogP) is 0.0365.